The van der Waals surface area contributed by atoms with Gasteiger partial charge < -0.3 is 10.6 Å². The van der Waals surface area contributed by atoms with Gasteiger partial charge in [-0.3, -0.25) is 4.68 Å². The van der Waals surface area contributed by atoms with E-state index in [2.05, 4.69) is 29.2 Å². The van der Waals surface area contributed by atoms with Crippen molar-refractivity contribution in [2.24, 2.45) is 7.05 Å². The Balaban J connectivity index is 2.17. The molecule has 4 nitrogen and oxygen atoms in total. The molecule has 1 heterocycles. The van der Waals surface area contributed by atoms with Crippen LogP contribution in [0.1, 0.15) is 18.9 Å². The minimum atomic E-state index is 0.805. The molecule has 0 saturated heterocycles. The molecule has 2 N–H and O–H groups in total. The number of hydrogen-bond donors (Lipinski definition) is 1. The summed E-state index contributed by atoms with van der Waals surface area (Å²) >= 11 is 0. The molecule has 0 bridgehead atoms. The number of nitrogens with zero attached hydrogens (tertiary/aromatic N) is 3. The van der Waals surface area contributed by atoms with E-state index in [0.29, 0.717) is 0 Å². The van der Waals surface area contributed by atoms with E-state index in [-0.39, 0.29) is 0 Å². The zero-order valence-electron chi connectivity index (χ0n) is 11.0. The van der Waals surface area contributed by atoms with Gasteiger partial charge in [0.2, 0.25) is 0 Å². The third kappa shape index (κ3) is 3.03. The van der Waals surface area contributed by atoms with Crippen LogP contribution in [-0.4, -0.2) is 16.3 Å². The fraction of sp³-hybridized carbons (Fsp3) is 0.357. The second kappa shape index (κ2) is 5.58. The number of rotatable bonds is 5. The zero-order valence-corrected chi connectivity index (χ0v) is 11.0. The Morgan fingerprint density at radius 2 is 2.22 bits per heavy atom. The number of anilines is 2. The number of nitrogen functional groups attached to an aromatic ring is 1. The first-order chi connectivity index (χ1) is 8.69. The third-order valence-electron chi connectivity index (χ3n) is 2.86. The Hall–Kier alpha value is -1.97. The Kier molecular flexibility index (Phi) is 3.87. The van der Waals surface area contributed by atoms with Crippen LogP contribution in [0.3, 0.4) is 0 Å². The van der Waals surface area contributed by atoms with E-state index < -0.39 is 0 Å². The Morgan fingerprint density at radius 1 is 1.39 bits per heavy atom. The minimum Gasteiger partial charge on any atom is -0.399 e. The van der Waals surface area contributed by atoms with Crippen LogP contribution in [0.15, 0.2) is 36.7 Å². The summed E-state index contributed by atoms with van der Waals surface area (Å²) in [7, 11) is 1.94. The van der Waals surface area contributed by atoms with E-state index in [0.717, 1.165) is 25.2 Å². The molecule has 18 heavy (non-hydrogen) atoms. The lowest BCUT2D eigenvalue weighted by molar-refractivity contribution is 0.757. The SMILES string of the molecule is CCCN(Cc1cnn(C)c1)c1cccc(N)c1. The molecule has 1 aromatic carbocycles. The molecule has 0 atom stereocenters. The lowest BCUT2D eigenvalue weighted by Gasteiger charge is -2.24. The molecule has 0 aliphatic heterocycles. The van der Waals surface area contributed by atoms with Gasteiger partial charge in [-0.1, -0.05) is 13.0 Å². The lowest BCUT2D eigenvalue weighted by atomic mass is 10.2. The van der Waals surface area contributed by atoms with Gasteiger partial charge in [0.05, 0.1) is 6.20 Å². The molecule has 0 saturated carbocycles. The average molecular weight is 244 g/mol. The molecule has 0 spiro atoms. The van der Waals surface area contributed by atoms with Crippen molar-refractivity contribution in [3.05, 3.63) is 42.2 Å². The van der Waals surface area contributed by atoms with Gasteiger partial charge in [0.25, 0.3) is 0 Å². The fourth-order valence-corrected chi connectivity index (χ4v) is 2.06. The maximum absolute atomic E-state index is 5.85. The van der Waals surface area contributed by atoms with E-state index >= 15 is 0 Å². The van der Waals surface area contributed by atoms with Crippen LogP contribution in [0.2, 0.25) is 0 Å². The van der Waals surface area contributed by atoms with Crippen molar-refractivity contribution in [2.75, 3.05) is 17.2 Å². The highest BCUT2D eigenvalue weighted by molar-refractivity contribution is 5.56. The normalized spacial score (nSPS) is 10.6. The number of hydrogen-bond acceptors (Lipinski definition) is 3. The molecule has 1 aromatic heterocycles. The van der Waals surface area contributed by atoms with Crippen LogP contribution in [0, 0.1) is 0 Å². The van der Waals surface area contributed by atoms with Gasteiger partial charge in [-0.25, -0.2) is 0 Å². The van der Waals surface area contributed by atoms with Gasteiger partial charge >= 0.3 is 0 Å². The summed E-state index contributed by atoms with van der Waals surface area (Å²) in [5.41, 5.74) is 9.04. The number of benzene rings is 1. The minimum absolute atomic E-state index is 0.805. The third-order valence-corrected chi connectivity index (χ3v) is 2.86. The van der Waals surface area contributed by atoms with Gasteiger partial charge in [-0.05, 0) is 24.6 Å². The van der Waals surface area contributed by atoms with Crippen molar-refractivity contribution in [1.29, 1.82) is 0 Å². The molecular weight excluding hydrogens is 224 g/mol. The first-order valence-electron chi connectivity index (χ1n) is 6.27. The first kappa shape index (κ1) is 12.5. The predicted octanol–water partition coefficient (Wildman–Crippen LogP) is 2.42. The summed E-state index contributed by atoms with van der Waals surface area (Å²) in [5.74, 6) is 0. The molecule has 0 fully saturated rings. The summed E-state index contributed by atoms with van der Waals surface area (Å²) in [5, 5.41) is 4.21. The van der Waals surface area contributed by atoms with E-state index in [1.54, 1.807) is 0 Å². The number of nitrogens with two attached hydrogens (primary N) is 1. The van der Waals surface area contributed by atoms with Gasteiger partial charge in [-0.15, -0.1) is 0 Å². The van der Waals surface area contributed by atoms with Gasteiger partial charge in [0.15, 0.2) is 0 Å². The first-order valence-corrected chi connectivity index (χ1v) is 6.27. The van der Waals surface area contributed by atoms with E-state index in [1.807, 2.05) is 36.1 Å². The largest absolute Gasteiger partial charge is 0.399 e. The maximum Gasteiger partial charge on any atom is 0.0539 e. The molecule has 0 aliphatic carbocycles. The van der Waals surface area contributed by atoms with Crippen molar-refractivity contribution in [1.82, 2.24) is 9.78 Å². The van der Waals surface area contributed by atoms with Crippen molar-refractivity contribution in [3.8, 4) is 0 Å². The van der Waals surface area contributed by atoms with Crippen LogP contribution in [0.5, 0.6) is 0 Å². The second-order valence-corrected chi connectivity index (χ2v) is 4.54. The molecule has 4 heteroatoms. The highest BCUT2D eigenvalue weighted by Crippen LogP contribution is 2.20. The van der Waals surface area contributed by atoms with Gasteiger partial charge in [-0.2, -0.15) is 5.10 Å². The highest BCUT2D eigenvalue weighted by Gasteiger charge is 2.07. The van der Waals surface area contributed by atoms with Gasteiger partial charge in [0.1, 0.15) is 0 Å². The highest BCUT2D eigenvalue weighted by atomic mass is 15.2. The molecule has 0 aliphatic rings. The van der Waals surface area contributed by atoms with E-state index in [1.165, 1.54) is 11.3 Å². The molecule has 0 radical (unpaired) electrons. The Morgan fingerprint density at radius 3 is 2.83 bits per heavy atom. The fourth-order valence-electron chi connectivity index (χ4n) is 2.06. The molecular formula is C14H20N4. The van der Waals surface area contributed by atoms with E-state index in [4.69, 9.17) is 5.73 Å². The topological polar surface area (TPSA) is 47.1 Å². The monoisotopic (exact) mass is 244 g/mol. The Labute approximate surface area is 108 Å². The standard InChI is InChI=1S/C14H20N4/c1-3-7-18(11-12-9-16-17(2)10-12)14-6-4-5-13(15)8-14/h4-6,8-10H,3,7,11,15H2,1-2H3. The summed E-state index contributed by atoms with van der Waals surface area (Å²) in [6.07, 6.45) is 5.07. The van der Waals surface area contributed by atoms with Crippen molar-refractivity contribution in [3.63, 3.8) is 0 Å². The van der Waals surface area contributed by atoms with Crippen LogP contribution in [0.25, 0.3) is 0 Å². The van der Waals surface area contributed by atoms with Crippen molar-refractivity contribution >= 4 is 11.4 Å². The number of aromatic nitrogens is 2. The summed E-state index contributed by atoms with van der Waals surface area (Å²) in [6, 6.07) is 8.03. The predicted molar refractivity (Wildman–Crippen MR) is 75.4 cm³/mol. The summed E-state index contributed by atoms with van der Waals surface area (Å²) in [6.45, 7) is 4.06. The molecule has 2 aromatic rings. The molecule has 2 rings (SSSR count). The zero-order chi connectivity index (χ0) is 13.0. The quantitative estimate of drug-likeness (QED) is 0.822. The van der Waals surface area contributed by atoms with Crippen LogP contribution in [-0.2, 0) is 13.6 Å². The van der Waals surface area contributed by atoms with E-state index in [9.17, 15) is 0 Å². The smallest absolute Gasteiger partial charge is 0.0539 e. The molecule has 0 unspecified atom stereocenters. The van der Waals surface area contributed by atoms with Crippen LogP contribution >= 0.6 is 0 Å². The average Bonchev–Trinajstić information content (AvgIpc) is 2.74. The van der Waals surface area contributed by atoms with Crippen LogP contribution in [0.4, 0.5) is 11.4 Å². The molecule has 96 valence electrons. The lowest BCUT2D eigenvalue weighted by Crippen LogP contribution is -2.23. The van der Waals surface area contributed by atoms with Crippen molar-refractivity contribution in [2.45, 2.75) is 19.9 Å². The summed E-state index contributed by atoms with van der Waals surface area (Å²) < 4.78 is 1.83. The number of aryl methyl sites for hydroxylation is 1. The van der Waals surface area contributed by atoms with Crippen LogP contribution < -0.4 is 10.6 Å². The van der Waals surface area contributed by atoms with Gasteiger partial charge in [0, 0.05) is 43.3 Å². The second-order valence-electron chi connectivity index (χ2n) is 4.54. The molecule has 0 amide bonds. The van der Waals surface area contributed by atoms with Crippen molar-refractivity contribution < 1.29 is 0 Å². The maximum atomic E-state index is 5.85. The Bertz CT molecular complexity index is 504. The summed E-state index contributed by atoms with van der Waals surface area (Å²) in [4.78, 5) is 2.33.